The van der Waals surface area contributed by atoms with Crippen molar-refractivity contribution in [2.24, 2.45) is 4.99 Å². The minimum absolute atomic E-state index is 0.510. The fraction of sp³-hybridized carbons (Fsp3) is 0.333. The van der Waals surface area contributed by atoms with E-state index < -0.39 is 0 Å². The maximum absolute atomic E-state index is 9.24. The van der Waals surface area contributed by atoms with Crippen LogP contribution in [-0.4, -0.2) is 27.6 Å². The molecule has 0 saturated heterocycles. The van der Waals surface area contributed by atoms with E-state index in [1.165, 1.54) is 5.57 Å². The molecule has 0 spiro atoms. The Hall–Kier alpha value is -2.94. The number of rotatable bonds is 4. The summed E-state index contributed by atoms with van der Waals surface area (Å²) in [7, 11) is 0. The van der Waals surface area contributed by atoms with Crippen LogP contribution in [0.2, 0.25) is 0 Å². The second-order valence-corrected chi connectivity index (χ2v) is 4.95. The van der Waals surface area contributed by atoms with Gasteiger partial charge in [-0.3, -0.25) is 4.99 Å². The predicted molar refractivity (Wildman–Crippen MR) is 94.9 cm³/mol. The van der Waals surface area contributed by atoms with E-state index >= 15 is 0 Å². The topological polar surface area (TPSA) is 78.9 Å². The lowest BCUT2D eigenvalue weighted by atomic mass is 10.1. The Balaban J connectivity index is 0.00000100. The van der Waals surface area contributed by atoms with Gasteiger partial charge in [-0.2, -0.15) is 10.4 Å². The minimum atomic E-state index is 0.510. The Morgan fingerprint density at radius 3 is 2.88 bits per heavy atom. The van der Waals surface area contributed by atoms with E-state index in [1.807, 2.05) is 19.9 Å². The summed E-state index contributed by atoms with van der Waals surface area (Å²) in [6, 6.07) is 7.61. The van der Waals surface area contributed by atoms with Gasteiger partial charge in [0.1, 0.15) is 6.07 Å². The average Bonchev–Trinajstić information content (AvgIpc) is 3.11. The van der Waals surface area contributed by atoms with E-state index in [1.54, 1.807) is 35.5 Å². The van der Waals surface area contributed by atoms with Crippen LogP contribution in [0.4, 0.5) is 0 Å². The normalized spacial score (nSPS) is 12.9. The van der Waals surface area contributed by atoms with Gasteiger partial charge in [-0.05, 0) is 30.2 Å². The molecule has 1 N–H and O–H groups in total. The number of aliphatic imine (C=N–C) groups is 1. The molecule has 0 aliphatic carbocycles. The van der Waals surface area contributed by atoms with Gasteiger partial charge in [0.05, 0.1) is 24.1 Å². The van der Waals surface area contributed by atoms with Gasteiger partial charge in [-0.15, -0.1) is 0 Å². The van der Waals surface area contributed by atoms with E-state index in [0.29, 0.717) is 17.8 Å². The maximum Gasteiger partial charge on any atom is 0.171 e. The molecule has 3 heterocycles. The van der Waals surface area contributed by atoms with Crippen LogP contribution in [0.15, 0.2) is 46.9 Å². The van der Waals surface area contributed by atoms with E-state index in [0.717, 1.165) is 24.4 Å². The van der Waals surface area contributed by atoms with Crippen LogP contribution in [0.5, 0.6) is 0 Å². The minimum Gasteiger partial charge on any atom is -0.350 e. The average molecular weight is 322 g/mol. The van der Waals surface area contributed by atoms with Gasteiger partial charge in [0.15, 0.2) is 5.82 Å². The van der Waals surface area contributed by atoms with Crippen LogP contribution in [0.3, 0.4) is 0 Å². The maximum atomic E-state index is 9.24. The third kappa shape index (κ3) is 3.69. The van der Waals surface area contributed by atoms with Gasteiger partial charge in [0.25, 0.3) is 0 Å². The summed E-state index contributed by atoms with van der Waals surface area (Å²) in [5.74, 6) is 0.563. The molecule has 124 valence electrons. The Morgan fingerprint density at radius 2 is 2.12 bits per heavy atom. The van der Waals surface area contributed by atoms with E-state index in [2.05, 4.69) is 33.4 Å². The van der Waals surface area contributed by atoms with Gasteiger partial charge < -0.3 is 5.32 Å². The first-order valence-corrected chi connectivity index (χ1v) is 8.17. The van der Waals surface area contributed by atoms with Gasteiger partial charge in [0.2, 0.25) is 0 Å². The molecule has 24 heavy (non-hydrogen) atoms. The molecule has 0 bridgehead atoms. The first kappa shape index (κ1) is 17.4. The van der Waals surface area contributed by atoms with Gasteiger partial charge >= 0.3 is 0 Å². The largest absolute Gasteiger partial charge is 0.350 e. The number of nitriles is 1. The molecule has 0 radical (unpaired) electrons. The van der Waals surface area contributed by atoms with Crippen LogP contribution in [-0.2, 0) is 6.42 Å². The number of aromatic nitrogens is 3. The Kier molecular flexibility index (Phi) is 6.26. The summed E-state index contributed by atoms with van der Waals surface area (Å²) in [5.41, 5.74) is 3.93. The molecule has 0 amide bonds. The van der Waals surface area contributed by atoms with Crippen molar-refractivity contribution in [2.75, 3.05) is 6.54 Å². The van der Waals surface area contributed by atoms with Gasteiger partial charge in [0, 0.05) is 24.5 Å². The summed E-state index contributed by atoms with van der Waals surface area (Å²) in [6.07, 6.45) is 6.80. The Morgan fingerprint density at radius 1 is 1.29 bits per heavy atom. The van der Waals surface area contributed by atoms with Crippen molar-refractivity contribution < 1.29 is 0 Å². The number of allylic oxidation sites excluding steroid dienone is 1. The van der Waals surface area contributed by atoms with E-state index in [4.69, 9.17) is 0 Å². The van der Waals surface area contributed by atoms with Crippen LogP contribution in [0.25, 0.3) is 5.82 Å². The van der Waals surface area contributed by atoms with Gasteiger partial charge in [-0.25, -0.2) is 9.67 Å². The zero-order valence-electron chi connectivity index (χ0n) is 14.3. The van der Waals surface area contributed by atoms with Crippen molar-refractivity contribution in [3.8, 4) is 11.9 Å². The van der Waals surface area contributed by atoms with Crippen molar-refractivity contribution in [3.63, 3.8) is 0 Å². The van der Waals surface area contributed by atoms with Gasteiger partial charge in [-0.1, -0.05) is 20.8 Å². The monoisotopic (exact) mass is 322 g/mol. The van der Waals surface area contributed by atoms with Crippen LogP contribution >= 0.6 is 0 Å². The summed E-state index contributed by atoms with van der Waals surface area (Å²) < 4.78 is 1.73. The second-order valence-electron chi connectivity index (χ2n) is 4.95. The lowest BCUT2D eigenvalue weighted by molar-refractivity contribution is 0.770. The summed E-state index contributed by atoms with van der Waals surface area (Å²) in [4.78, 5) is 8.55. The summed E-state index contributed by atoms with van der Waals surface area (Å²) in [5, 5.41) is 16.8. The highest BCUT2D eigenvalue weighted by Crippen LogP contribution is 2.18. The smallest absolute Gasteiger partial charge is 0.171 e. The molecule has 3 rings (SSSR count). The second kappa shape index (κ2) is 8.63. The lowest BCUT2D eigenvalue weighted by Crippen LogP contribution is -2.22. The van der Waals surface area contributed by atoms with Crippen molar-refractivity contribution in [2.45, 2.75) is 33.6 Å². The number of hydrogen-bond donors (Lipinski definition) is 1. The van der Waals surface area contributed by atoms with Crippen molar-refractivity contribution in [1.29, 1.82) is 5.26 Å². The van der Waals surface area contributed by atoms with E-state index in [-0.39, 0.29) is 0 Å². The predicted octanol–water partition coefficient (Wildman–Crippen LogP) is 3.00. The fourth-order valence-electron chi connectivity index (χ4n) is 2.47. The number of nitrogens with one attached hydrogen (secondary N) is 1. The van der Waals surface area contributed by atoms with Crippen LogP contribution in [0, 0.1) is 11.3 Å². The zero-order chi connectivity index (χ0) is 17.4. The third-order valence-electron chi connectivity index (χ3n) is 3.65. The van der Waals surface area contributed by atoms with E-state index in [9.17, 15) is 5.26 Å². The zero-order valence-corrected chi connectivity index (χ0v) is 14.3. The molecule has 2 aromatic heterocycles. The molecular weight excluding hydrogens is 300 g/mol. The third-order valence-corrected chi connectivity index (χ3v) is 3.65. The number of hydrogen-bond acceptors (Lipinski definition) is 5. The highest BCUT2D eigenvalue weighted by Gasteiger charge is 2.14. The molecule has 0 atom stereocenters. The quantitative estimate of drug-likeness (QED) is 0.938. The Bertz CT molecular complexity index is 779. The molecule has 1 aliphatic heterocycles. The standard InChI is InChI=1S/C16H16N6.C2H6/c1-2-12-10-18-11-20-15(12)8-14-5-7-21-22(14)16-13(9-17)4-3-6-19-16;1-2/h3-7,11H,2,8,10H2,1H3,(H,18,20);1-2H3. The highest BCUT2D eigenvalue weighted by atomic mass is 15.3. The molecule has 1 aliphatic rings. The SMILES string of the molecule is CC.CCC1=C(Cc2ccnn2-c2ncccc2C#N)NC=NC1. The first-order chi connectivity index (χ1) is 11.8. The molecule has 2 aromatic rings. The fourth-order valence-corrected chi connectivity index (χ4v) is 2.47. The van der Waals surface area contributed by atoms with Crippen LogP contribution < -0.4 is 5.32 Å². The summed E-state index contributed by atoms with van der Waals surface area (Å²) in [6.45, 7) is 6.86. The van der Waals surface area contributed by atoms with Crippen molar-refractivity contribution in [1.82, 2.24) is 20.1 Å². The first-order valence-electron chi connectivity index (χ1n) is 8.17. The molecule has 6 heteroatoms. The molecule has 0 fully saturated rings. The number of nitrogens with zero attached hydrogens (tertiary/aromatic N) is 5. The molecule has 0 aromatic carbocycles. The van der Waals surface area contributed by atoms with Crippen molar-refractivity contribution in [3.05, 3.63) is 53.1 Å². The number of pyridine rings is 1. The molecule has 0 unspecified atom stereocenters. The molecular formula is C18H22N6. The van der Waals surface area contributed by atoms with Crippen LogP contribution in [0.1, 0.15) is 38.4 Å². The molecule has 0 saturated carbocycles. The molecule has 6 nitrogen and oxygen atoms in total. The lowest BCUT2D eigenvalue weighted by Gasteiger charge is -2.17. The Labute approximate surface area is 142 Å². The van der Waals surface area contributed by atoms with Crippen molar-refractivity contribution >= 4 is 6.34 Å². The highest BCUT2D eigenvalue weighted by molar-refractivity contribution is 5.60. The summed E-state index contributed by atoms with van der Waals surface area (Å²) >= 11 is 0.